The lowest BCUT2D eigenvalue weighted by Crippen LogP contribution is -2.14. The van der Waals surface area contributed by atoms with Crippen LogP contribution in [0.5, 0.6) is 0 Å². The summed E-state index contributed by atoms with van der Waals surface area (Å²) in [5.41, 5.74) is 9.08. The molecule has 0 aliphatic heterocycles. The normalized spacial score (nSPS) is 10.3. The number of nitrogens with one attached hydrogen (secondary N) is 1. The fraction of sp³-hybridized carbons (Fsp3) is 0.143. The summed E-state index contributed by atoms with van der Waals surface area (Å²) in [6.45, 7) is 3.89. The third kappa shape index (κ3) is 3.03. The van der Waals surface area contributed by atoms with Gasteiger partial charge in [0.1, 0.15) is 5.15 Å². The highest BCUT2D eigenvalue weighted by molar-refractivity contribution is 6.33. The fourth-order valence-corrected chi connectivity index (χ4v) is 1.87. The summed E-state index contributed by atoms with van der Waals surface area (Å²) in [4.78, 5) is 16.0. The molecule has 0 radical (unpaired) electrons. The average molecular weight is 276 g/mol. The van der Waals surface area contributed by atoms with Gasteiger partial charge in [-0.25, -0.2) is 4.98 Å². The van der Waals surface area contributed by atoms with Crippen molar-refractivity contribution in [3.63, 3.8) is 0 Å². The molecule has 98 valence electrons. The molecule has 1 heterocycles. The van der Waals surface area contributed by atoms with E-state index in [0.717, 1.165) is 16.8 Å². The van der Waals surface area contributed by atoms with Gasteiger partial charge in [0.05, 0.1) is 17.4 Å². The number of nitrogen functional groups attached to an aromatic ring is 1. The quantitative estimate of drug-likeness (QED) is 0.827. The van der Waals surface area contributed by atoms with E-state index in [2.05, 4.69) is 10.3 Å². The van der Waals surface area contributed by atoms with Crippen LogP contribution in [0.1, 0.15) is 21.5 Å². The molecule has 0 spiro atoms. The number of nitrogens with two attached hydrogens (primary N) is 1. The van der Waals surface area contributed by atoms with Crippen LogP contribution in [0.3, 0.4) is 0 Å². The summed E-state index contributed by atoms with van der Waals surface area (Å²) >= 11 is 5.90. The number of aromatic nitrogens is 1. The van der Waals surface area contributed by atoms with E-state index in [1.807, 2.05) is 32.0 Å². The van der Waals surface area contributed by atoms with Crippen LogP contribution in [-0.2, 0) is 0 Å². The Morgan fingerprint density at radius 3 is 2.79 bits per heavy atom. The molecule has 0 saturated heterocycles. The summed E-state index contributed by atoms with van der Waals surface area (Å²) < 4.78 is 0. The van der Waals surface area contributed by atoms with Gasteiger partial charge in [0.15, 0.2) is 0 Å². The van der Waals surface area contributed by atoms with Crippen molar-refractivity contribution < 1.29 is 4.79 Å². The molecule has 0 fully saturated rings. The highest BCUT2D eigenvalue weighted by Gasteiger charge is 2.13. The number of benzene rings is 1. The van der Waals surface area contributed by atoms with Gasteiger partial charge in [-0.05, 0) is 37.1 Å². The van der Waals surface area contributed by atoms with E-state index < -0.39 is 0 Å². The zero-order valence-electron chi connectivity index (χ0n) is 10.7. The molecule has 0 aliphatic carbocycles. The first kappa shape index (κ1) is 13.4. The van der Waals surface area contributed by atoms with Crippen LogP contribution in [0.25, 0.3) is 0 Å². The molecule has 0 unspecified atom stereocenters. The van der Waals surface area contributed by atoms with E-state index in [4.69, 9.17) is 17.3 Å². The van der Waals surface area contributed by atoms with Crippen molar-refractivity contribution in [2.24, 2.45) is 0 Å². The van der Waals surface area contributed by atoms with Gasteiger partial charge in [-0.2, -0.15) is 0 Å². The van der Waals surface area contributed by atoms with Crippen molar-refractivity contribution in [1.82, 2.24) is 4.98 Å². The van der Waals surface area contributed by atoms with Gasteiger partial charge < -0.3 is 11.1 Å². The molecule has 0 aliphatic rings. The molecule has 3 N–H and O–H groups in total. The van der Waals surface area contributed by atoms with Crippen molar-refractivity contribution >= 4 is 28.9 Å². The Morgan fingerprint density at radius 2 is 2.05 bits per heavy atom. The maximum Gasteiger partial charge on any atom is 0.258 e. The molecule has 0 atom stereocenters. The Balaban J connectivity index is 2.30. The van der Waals surface area contributed by atoms with Gasteiger partial charge >= 0.3 is 0 Å². The van der Waals surface area contributed by atoms with Crippen molar-refractivity contribution in [2.45, 2.75) is 13.8 Å². The van der Waals surface area contributed by atoms with E-state index in [-0.39, 0.29) is 16.6 Å². The van der Waals surface area contributed by atoms with Crippen LogP contribution in [0.15, 0.2) is 30.5 Å². The van der Waals surface area contributed by atoms with Gasteiger partial charge in [-0.3, -0.25) is 4.79 Å². The molecular weight excluding hydrogens is 262 g/mol. The first-order valence-corrected chi connectivity index (χ1v) is 6.15. The van der Waals surface area contributed by atoms with Crippen LogP contribution in [0.2, 0.25) is 5.15 Å². The molecule has 19 heavy (non-hydrogen) atoms. The average Bonchev–Trinajstić information content (AvgIpc) is 2.36. The zero-order valence-corrected chi connectivity index (χ0v) is 11.5. The Bertz CT molecular complexity index is 641. The largest absolute Gasteiger partial charge is 0.397 e. The van der Waals surface area contributed by atoms with Crippen LogP contribution in [0, 0.1) is 13.8 Å². The lowest BCUT2D eigenvalue weighted by Gasteiger charge is -2.10. The smallest absolute Gasteiger partial charge is 0.258 e. The summed E-state index contributed by atoms with van der Waals surface area (Å²) in [6.07, 6.45) is 1.41. The number of hydrogen-bond acceptors (Lipinski definition) is 3. The highest BCUT2D eigenvalue weighted by Crippen LogP contribution is 2.20. The number of hydrogen-bond donors (Lipinski definition) is 2. The lowest BCUT2D eigenvalue weighted by molar-refractivity contribution is 0.102. The molecule has 4 nitrogen and oxygen atoms in total. The second-order valence-electron chi connectivity index (χ2n) is 4.38. The molecule has 0 bridgehead atoms. The number of pyridine rings is 1. The van der Waals surface area contributed by atoms with Crippen molar-refractivity contribution in [2.75, 3.05) is 11.1 Å². The van der Waals surface area contributed by atoms with Gasteiger partial charge in [-0.1, -0.05) is 23.7 Å². The predicted molar refractivity (Wildman–Crippen MR) is 77.5 cm³/mol. The minimum absolute atomic E-state index is 0.136. The van der Waals surface area contributed by atoms with E-state index >= 15 is 0 Å². The SMILES string of the molecule is Cc1ccc(C)c(NC(=O)c2cc(N)cnc2Cl)c1. The second kappa shape index (κ2) is 5.28. The van der Waals surface area contributed by atoms with Crippen LogP contribution < -0.4 is 11.1 Å². The Labute approximate surface area is 116 Å². The first-order chi connectivity index (χ1) is 8.97. The van der Waals surface area contributed by atoms with Crippen molar-refractivity contribution in [3.05, 3.63) is 52.3 Å². The number of anilines is 2. The first-order valence-electron chi connectivity index (χ1n) is 5.77. The Morgan fingerprint density at radius 1 is 1.32 bits per heavy atom. The number of aryl methyl sites for hydroxylation is 2. The Kier molecular flexibility index (Phi) is 3.71. The van der Waals surface area contributed by atoms with Gasteiger partial charge in [-0.15, -0.1) is 0 Å². The molecule has 2 rings (SSSR count). The van der Waals surface area contributed by atoms with Gasteiger partial charge in [0.25, 0.3) is 5.91 Å². The topological polar surface area (TPSA) is 68.0 Å². The van der Waals surface area contributed by atoms with Gasteiger partial charge in [0.2, 0.25) is 0 Å². The molecule has 0 saturated carbocycles. The molecule has 2 aromatic rings. The molecule has 1 aromatic carbocycles. The number of carbonyl (C=O) groups is 1. The number of nitrogens with zero attached hydrogens (tertiary/aromatic N) is 1. The molecule has 5 heteroatoms. The highest BCUT2D eigenvalue weighted by atomic mass is 35.5. The van der Waals surface area contributed by atoms with Crippen molar-refractivity contribution in [3.8, 4) is 0 Å². The van der Waals surface area contributed by atoms with Crippen molar-refractivity contribution in [1.29, 1.82) is 0 Å². The number of rotatable bonds is 2. The summed E-state index contributed by atoms with van der Waals surface area (Å²) in [5.74, 6) is -0.321. The Hall–Kier alpha value is -2.07. The summed E-state index contributed by atoms with van der Waals surface area (Å²) in [7, 11) is 0. The van der Waals surface area contributed by atoms with E-state index in [0.29, 0.717) is 5.69 Å². The molecule has 1 amide bonds. The third-order valence-electron chi connectivity index (χ3n) is 2.75. The number of halogens is 1. The standard InChI is InChI=1S/C14H14ClN3O/c1-8-3-4-9(2)12(5-8)18-14(19)11-6-10(16)7-17-13(11)15/h3-7H,16H2,1-2H3,(H,18,19). The second-order valence-corrected chi connectivity index (χ2v) is 4.74. The van der Waals surface area contributed by atoms with E-state index in [1.165, 1.54) is 12.3 Å². The van der Waals surface area contributed by atoms with Crippen LogP contribution >= 0.6 is 11.6 Å². The maximum absolute atomic E-state index is 12.2. The summed E-state index contributed by atoms with van der Waals surface area (Å²) in [5, 5.41) is 2.95. The minimum Gasteiger partial charge on any atom is -0.397 e. The summed E-state index contributed by atoms with van der Waals surface area (Å²) in [6, 6.07) is 7.35. The maximum atomic E-state index is 12.2. The number of carbonyl (C=O) groups excluding carboxylic acids is 1. The number of amides is 1. The van der Waals surface area contributed by atoms with E-state index in [9.17, 15) is 4.79 Å². The van der Waals surface area contributed by atoms with E-state index in [1.54, 1.807) is 0 Å². The van der Waals surface area contributed by atoms with Crippen LogP contribution in [0.4, 0.5) is 11.4 Å². The lowest BCUT2D eigenvalue weighted by atomic mass is 10.1. The monoisotopic (exact) mass is 275 g/mol. The minimum atomic E-state index is -0.321. The van der Waals surface area contributed by atoms with Crippen LogP contribution in [-0.4, -0.2) is 10.9 Å². The predicted octanol–water partition coefficient (Wildman–Crippen LogP) is 3.19. The molecular formula is C14H14ClN3O. The fourth-order valence-electron chi connectivity index (χ4n) is 1.68. The third-order valence-corrected chi connectivity index (χ3v) is 3.05. The van der Waals surface area contributed by atoms with Gasteiger partial charge in [0, 0.05) is 5.69 Å². The zero-order chi connectivity index (χ0) is 14.0. The molecule has 1 aromatic heterocycles.